The molecule has 1 aromatic carbocycles. The first-order valence-electron chi connectivity index (χ1n) is 8.89. The van der Waals surface area contributed by atoms with E-state index >= 15 is 0 Å². The van der Waals surface area contributed by atoms with Crippen LogP contribution in [0.2, 0.25) is 0 Å². The Hall–Kier alpha value is -1.42. The molecule has 3 nitrogen and oxygen atoms in total. The molecule has 0 saturated carbocycles. The van der Waals surface area contributed by atoms with Crippen molar-refractivity contribution in [3.8, 4) is 0 Å². The summed E-state index contributed by atoms with van der Waals surface area (Å²) in [5, 5.41) is 3.36. The molecule has 3 rings (SSSR count). The summed E-state index contributed by atoms with van der Waals surface area (Å²) in [5.41, 5.74) is 0.673. The minimum Gasteiger partial charge on any atom is -0.335 e. The van der Waals surface area contributed by atoms with Gasteiger partial charge in [0.2, 0.25) is 5.91 Å². The first-order valence-corrected chi connectivity index (χ1v) is 8.89. The zero-order valence-corrected chi connectivity index (χ0v) is 13.9. The summed E-state index contributed by atoms with van der Waals surface area (Å²) in [4.78, 5) is 14.6. The molecule has 2 fully saturated rings. The third-order valence-electron chi connectivity index (χ3n) is 5.32. The highest BCUT2D eigenvalue weighted by Gasteiger charge is 2.35. The molecule has 126 valence electrons. The van der Waals surface area contributed by atoms with Gasteiger partial charge in [0.1, 0.15) is 5.82 Å². The molecule has 2 heterocycles. The summed E-state index contributed by atoms with van der Waals surface area (Å²) in [6.45, 7) is 5.03. The van der Waals surface area contributed by atoms with Gasteiger partial charge < -0.3 is 10.2 Å². The van der Waals surface area contributed by atoms with Crippen LogP contribution < -0.4 is 5.32 Å². The molecule has 2 aliphatic heterocycles. The molecule has 1 aromatic rings. The van der Waals surface area contributed by atoms with Gasteiger partial charge in [0.05, 0.1) is 6.04 Å². The highest BCUT2D eigenvalue weighted by Crippen LogP contribution is 2.37. The van der Waals surface area contributed by atoms with Gasteiger partial charge in [-0.05, 0) is 56.7 Å². The van der Waals surface area contributed by atoms with Crippen LogP contribution in [0.15, 0.2) is 24.3 Å². The average molecular weight is 318 g/mol. The zero-order valence-electron chi connectivity index (χ0n) is 13.9. The summed E-state index contributed by atoms with van der Waals surface area (Å²) in [5.74, 6) is 1.10. The van der Waals surface area contributed by atoms with Gasteiger partial charge in [-0.15, -0.1) is 0 Å². The molecule has 23 heavy (non-hydrogen) atoms. The highest BCUT2D eigenvalue weighted by molar-refractivity contribution is 5.77. The number of piperidine rings is 1. The Labute approximate surface area is 138 Å². The lowest BCUT2D eigenvalue weighted by Gasteiger charge is -2.27. The number of nitrogens with zero attached hydrogens (tertiary/aromatic N) is 1. The predicted octanol–water partition coefficient (Wildman–Crippen LogP) is 3.52. The van der Waals surface area contributed by atoms with E-state index in [1.807, 2.05) is 17.0 Å². The highest BCUT2D eigenvalue weighted by atomic mass is 19.1. The zero-order chi connectivity index (χ0) is 16.2. The quantitative estimate of drug-likeness (QED) is 0.921. The molecule has 0 bridgehead atoms. The number of nitrogens with one attached hydrogen (secondary N) is 1. The topological polar surface area (TPSA) is 32.3 Å². The second-order valence-corrected chi connectivity index (χ2v) is 7.16. The van der Waals surface area contributed by atoms with Crippen molar-refractivity contribution in [2.24, 2.45) is 11.8 Å². The standard InChI is InChI=1S/C19H27FN2O/c1-14-12-18(16-4-2-3-5-17(16)20)22(13-14)19(23)7-6-15-8-10-21-11-9-15/h2-5,14-15,18,21H,6-13H2,1H3. The summed E-state index contributed by atoms with van der Waals surface area (Å²) in [6, 6.07) is 6.80. The molecule has 2 aliphatic rings. The maximum Gasteiger partial charge on any atom is 0.223 e. The van der Waals surface area contributed by atoms with Crippen molar-refractivity contribution in [2.45, 2.75) is 45.1 Å². The number of rotatable bonds is 4. The largest absolute Gasteiger partial charge is 0.335 e. The molecule has 2 atom stereocenters. The van der Waals surface area contributed by atoms with E-state index in [-0.39, 0.29) is 17.8 Å². The third kappa shape index (κ3) is 3.92. The van der Waals surface area contributed by atoms with Crippen molar-refractivity contribution in [1.29, 1.82) is 0 Å². The Kier molecular flexibility index (Phi) is 5.31. The number of hydrogen-bond donors (Lipinski definition) is 1. The summed E-state index contributed by atoms with van der Waals surface area (Å²) >= 11 is 0. The van der Waals surface area contributed by atoms with Crippen LogP contribution in [0, 0.1) is 17.7 Å². The first kappa shape index (κ1) is 16.4. The van der Waals surface area contributed by atoms with Gasteiger partial charge in [0.15, 0.2) is 0 Å². The van der Waals surface area contributed by atoms with Gasteiger partial charge >= 0.3 is 0 Å². The van der Waals surface area contributed by atoms with Crippen LogP contribution in [0.4, 0.5) is 4.39 Å². The van der Waals surface area contributed by atoms with Crippen LogP contribution in [0.25, 0.3) is 0 Å². The fourth-order valence-electron chi connectivity index (χ4n) is 4.00. The van der Waals surface area contributed by atoms with Crippen molar-refractivity contribution in [2.75, 3.05) is 19.6 Å². The maximum absolute atomic E-state index is 14.1. The van der Waals surface area contributed by atoms with Crippen LogP contribution in [0.1, 0.15) is 50.6 Å². The van der Waals surface area contributed by atoms with Crippen LogP contribution in [0.3, 0.4) is 0 Å². The van der Waals surface area contributed by atoms with E-state index in [0.717, 1.165) is 32.5 Å². The number of carbonyl (C=O) groups is 1. The van der Waals surface area contributed by atoms with Crippen LogP contribution in [-0.2, 0) is 4.79 Å². The number of benzene rings is 1. The fraction of sp³-hybridized carbons (Fsp3) is 0.632. The predicted molar refractivity (Wildman–Crippen MR) is 89.5 cm³/mol. The van der Waals surface area contributed by atoms with E-state index in [2.05, 4.69) is 12.2 Å². The fourth-order valence-corrected chi connectivity index (χ4v) is 4.00. The molecule has 0 aliphatic carbocycles. The van der Waals surface area contributed by atoms with E-state index in [0.29, 0.717) is 23.8 Å². The summed E-state index contributed by atoms with van der Waals surface area (Å²) in [7, 11) is 0. The minimum atomic E-state index is -0.192. The maximum atomic E-state index is 14.1. The molecule has 2 saturated heterocycles. The Bertz CT molecular complexity index is 542. The van der Waals surface area contributed by atoms with E-state index in [1.54, 1.807) is 6.07 Å². The lowest BCUT2D eigenvalue weighted by Crippen LogP contribution is -2.33. The van der Waals surface area contributed by atoms with Gasteiger partial charge in [0.25, 0.3) is 0 Å². The number of hydrogen-bond acceptors (Lipinski definition) is 2. The second kappa shape index (κ2) is 7.43. The number of amides is 1. The third-order valence-corrected chi connectivity index (χ3v) is 5.32. The van der Waals surface area contributed by atoms with Crippen molar-refractivity contribution in [3.63, 3.8) is 0 Å². The molecular formula is C19H27FN2O. The lowest BCUT2D eigenvalue weighted by atomic mass is 9.93. The molecule has 0 spiro atoms. The van der Waals surface area contributed by atoms with Crippen LogP contribution in [-0.4, -0.2) is 30.4 Å². The van der Waals surface area contributed by atoms with E-state index < -0.39 is 0 Å². The monoisotopic (exact) mass is 318 g/mol. The van der Waals surface area contributed by atoms with Crippen molar-refractivity contribution >= 4 is 5.91 Å². The number of likely N-dealkylation sites (tertiary alicyclic amines) is 1. The smallest absolute Gasteiger partial charge is 0.223 e. The van der Waals surface area contributed by atoms with Crippen LogP contribution >= 0.6 is 0 Å². The van der Waals surface area contributed by atoms with Crippen molar-refractivity contribution in [1.82, 2.24) is 10.2 Å². The molecule has 2 unspecified atom stereocenters. The Balaban J connectivity index is 1.64. The lowest BCUT2D eigenvalue weighted by molar-refractivity contribution is -0.132. The van der Waals surface area contributed by atoms with E-state index in [1.165, 1.54) is 18.9 Å². The summed E-state index contributed by atoms with van der Waals surface area (Å²) in [6.07, 6.45) is 4.76. The van der Waals surface area contributed by atoms with E-state index in [9.17, 15) is 9.18 Å². The number of carbonyl (C=O) groups excluding carboxylic acids is 1. The molecule has 0 radical (unpaired) electrons. The van der Waals surface area contributed by atoms with Gasteiger partial charge in [-0.3, -0.25) is 4.79 Å². The van der Waals surface area contributed by atoms with Crippen molar-refractivity contribution < 1.29 is 9.18 Å². The number of halogens is 1. The molecule has 0 aromatic heterocycles. The van der Waals surface area contributed by atoms with Gasteiger partial charge in [-0.1, -0.05) is 25.1 Å². The Morgan fingerprint density at radius 2 is 2.04 bits per heavy atom. The van der Waals surface area contributed by atoms with E-state index in [4.69, 9.17) is 0 Å². The second-order valence-electron chi connectivity index (χ2n) is 7.16. The SMILES string of the molecule is CC1CC(c2ccccc2F)N(C(=O)CCC2CCNCC2)C1. The van der Waals surface area contributed by atoms with Crippen molar-refractivity contribution in [3.05, 3.63) is 35.6 Å². The van der Waals surface area contributed by atoms with Crippen LogP contribution in [0.5, 0.6) is 0 Å². The first-order chi connectivity index (χ1) is 11.1. The Morgan fingerprint density at radius 3 is 2.78 bits per heavy atom. The summed E-state index contributed by atoms with van der Waals surface area (Å²) < 4.78 is 14.1. The van der Waals surface area contributed by atoms with Gasteiger partial charge in [0, 0.05) is 18.5 Å². The molecular weight excluding hydrogens is 291 g/mol. The average Bonchev–Trinajstić information content (AvgIpc) is 2.96. The van der Waals surface area contributed by atoms with Gasteiger partial charge in [-0.2, -0.15) is 0 Å². The van der Waals surface area contributed by atoms with Gasteiger partial charge in [-0.25, -0.2) is 4.39 Å². The molecule has 1 amide bonds. The molecule has 4 heteroatoms. The molecule has 1 N–H and O–H groups in total. The normalized spacial score (nSPS) is 25.7. The minimum absolute atomic E-state index is 0.0910. The Morgan fingerprint density at radius 1 is 1.30 bits per heavy atom.